The molecule has 0 radical (unpaired) electrons. The molecule has 0 aromatic heterocycles. The van der Waals surface area contributed by atoms with E-state index in [9.17, 15) is 4.39 Å². The summed E-state index contributed by atoms with van der Waals surface area (Å²) in [5, 5.41) is 0. The summed E-state index contributed by atoms with van der Waals surface area (Å²) in [7, 11) is 0. The Morgan fingerprint density at radius 2 is 2.19 bits per heavy atom. The maximum Gasteiger partial charge on any atom is 0.151 e. The Labute approximate surface area is 109 Å². The van der Waals surface area contributed by atoms with E-state index in [1.807, 2.05) is 12.1 Å². The van der Waals surface area contributed by atoms with Crippen LogP contribution in [0.5, 0.6) is 0 Å². The fraction of sp³-hybridized carbons (Fsp3) is 0.500. The van der Waals surface area contributed by atoms with Crippen LogP contribution >= 0.6 is 27.7 Å². The van der Waals surface area contributed by atoms with Gasteiger partial charge in [-0.05, 0) is 33.5 Å². The first-order chi connectivity index (χ1) is 7.60. The van der Waals surface area contributed by atoms with Crippen LogP contribution in [0.25, 0.3) is 0 Å². The third-order valence-corrected chi connectivity index (χ3v) is 4.79. The Hall–Kier alpha value is -0.0600. The highest BCUT2D eigenvalue weighted by Crippen LogP contribution is 2.31. The van der Waals surface area contributed by atoms with Crippen molar-refractivity contribution in [3.63, 3.8) is 0 Å². The van der Waals surface area contributed by atoms with Crippen molar-refractivity contribution in [3.8, 4) is 0 Å². The molecule has 0 saturated carbocycles. The third-order valence-electron chi connectivity index (χ3n) is 2.57. The Balaban J connectivity index is 2.78. The Bertz CT molecular complexity index is 357. The summed E-state index contributed by atoms with van der Waals surface area (Å²) in [5.74, 6) is 1.37. The SMILES string of the molecule is CCC(C)CSc1ccc(CN)c(Br)c1F. The Morgan fingerprint density at radius 1 is 1.50 bits per heavy atom. The second-order valence-electron chi connectivity index (χ2n) is 3.88. The topological polar surface area (TPSA) is 26.0 Å². The minimum absolute atomic E-state index is 0.184. The molecule has 0 amide bonds. The van der Waals surface area contributed by atoms with Gasteiger partial charge in [-0.2, -0.15) is 0 Å². The van der Waals surface area contributed by atoms with Crippen molar-refractivity contribution in [1.29, 1.82) is 0 Å². The van der Waals surface area contributed by atoms with Crippen LogP contribution in [0.4, 0.5) is 4.39 Å². The molecular weight excluding hydrogens is 289 g/mol. The highest BCUT2D eigenvalue weighted by molar-refractivity contribution is 9.10. The zero-order valence-corrected chi connectivity index (χ0v) is 12.0. The predicted octanol–water partition coefficient (Wildman–Crippen LogP) is 4.19. The van der Waals surface area contributed by atoms with Gasteiger partial charge in [0.1, 0.15) is 0 Å². The first-order valence-corrected chi connectivity index (χ1v) is 7.17. The summed E-state index contributed by atoms with van der Waals surface area (Å²) in [6, 6.07) is 3.70. The normalized spacial score (nSPS) is 12.8. The fourth-order valence-corrected chi connectivity index (χ4v) is 2.92. The van der Waals surface area contributed by atoms with E-state index in [2.05, 4.69) is 29.8 Å². The molecule has 16 heavy (non-hydrogen) atoms. The van der Waals surface area contributed by atoms with Gasteiger partial charge in [0.05, 0.1) is 4.47 Å². The van der Waals surface area contributed by atoms with Crippen molar-refractivity contribution in [2.24, 2.45) is 11.7 Å². The molecule has 4 heteroatoms. The van der Waals surface area contributed by atoms with Gasteiger partial charge < -0.3 is 5.73 Å². The first kappa shape index (κ1) is 14.0. The lowest BCUT2D eigenvalue weighted by Gasteiger charge is -2.10. The maximum atomic E-state index is 13.9. The summed E-state index contributed by atoms with van der Waals surface area (Å²) < 4.78 is 14.4. The molecule has 0 aliphatic rings. The fourth-order valence-electron chi connectivity index (χ4n) is 1.19. The van der Waals surface area contributed by atoms with Crippen molar-refractivity contribution in [1.82, 2.24) is 0 Å². The average molecular weight is 306 g/mol. The van der Waals surface area contributed by atoms with Gasteiger partial charge in [0.15, 0.2) is 5.82 Å². The van der Waals surface area contributed by atoms with Crippen LogP contribution < -0.4 is 5.73 Å². The molecular formula is C12H17BrFNS. The van der Waals surface area contributed by atoms with Crippen LogP contribution in [0.1, 0.15) is 25.8 Å². The van der Waals surface area contributed by atoms with Crippen molar-refractivity contribution in [3.05, 3.63) is 28.0 Å². The maximum absolute atomic E-state index is 13.9. The third kappa shape index (κ3) is 3.47. The number of hydrogen-bond donors (Lipinski definition) is 1. The zero-order chi connectivity index (χ0) is 12.1. The molecule has 0 aliphatic heterocycles. The summed E-state index contributed by atoms with van der Waals surface area (Å²) >= 11 is 4.81. The van der Waals surface area contributed by atoms with Gasteiger partial charge in [-0.25, -0.2) is 4.39 Å². The molecule has 1 nitrogen and oxygen atoms in total. The van der Waals surface area contributed by atoms with E-state index >= 15 is 0 Å². The van der Waals surface area contributed by atoms with Crippen LogP contribution in [0.2, 0.25) is 0 Å². The second-order valence-corrected chi connectivity index (χ2v) is 5.73. The van der Waals surface area contributed by atoms with Crippen molar-refractivity contribution >= 4 is 27.7 Å². The molecule has 1 unspecified atom stereocenters. The van der Waals surface area contributed by atoms with Gasteiger partial charge in [-0.3, -0.25) is 0 Å². The summed E-state index contributed by atoms with van der Waals surface area (Å²) in [5.41, 5.74) is 6.32. The summed E-state index contributed by atoms with van der Waals surface area (Å²) in [6.45, 7) is 4.68. The Kier molecular flexibility index (Phi) is 5.79. The second kappa shape index (κ2) is 6.62. The Morgan fingerprint density at radius 3 is 2.75 bits per heavy atom. The molecule has 0 heterocycles. The molecule has 90 valence electrons. The molecule has 1 aromatic carbocycles. The van der Waals surface area contributed by atoms with Crippen molar-refractivity contribution in [2.45, 2.75) is 31.7 Å². The van der Waals surface area contributed by atoms with Crippen LogP contribution in [0.3, 0.4) is 0 Å². The molecule has 1 aromatic rings. The summed E-state index contributed by atoms with van der Waals surface area (Å²) in [4.78, 5) is 0.698. The molecule has 0 saturated heterocycles. The highest BCUT2D eigenvalue weighted by Gasteiger charge is 2.11. The van der Waals surface area contributed by atoms with Crippen LogP contribution in [-0.2, 0) is 6.54 Å². The minimum Gasteiger partial charge on any atom is -0.326 e. The number of nitrogens with two attached hydrogens (primary N) is 1. The molecule has 1 rings (SSSR count). The first-order valence-electron chi connectivity index (χ1n) is 5.39. The lowest BCUT2D eigenvalue weighted by molar-refractivity contribution is 0.590. The lowest BCUT2D eigenvalue weighted by atomic mass is 10.2. The van der Waals surface area contributed by atoms with E-state index in [-0.39, 0.29) is 5.82 Å². The predicted molar refractivity (Wildman–Crippen MR) is 72.2 cm³/mol. The van der Waals surface area contributed by atoms with E-state index in [1.165, 1.54) is 0 Å². The average Bonchev–Trinajstić information content (AvgIpc) is 2.30. The molecule has 0 spiro atoms. The summed E-state index contributed by atoms with van der Waals surface area (Å²) in [6.07, 6.45) is 1.12. The number of benzene rings is 1. The van der Waals surface area contributed by atoms with Gasteiger partial charge >= 0.3 is 0 Å². The van der Waals surface area contributed by atoms with Gasteiger partial charge in [-0.15, -0.1) is 11.8 Å². The quantitative estimate of drug-likeness (QED) is 0.826. The van der Waals surface area contributed by atoms with Gasteiger partial charge in [0, 0.05) is 17.2 Å². The smallest absolute Gasteiger partial charge is 0.151 e. The standard InChI is InChI=1S/C12H17BrFNS/c1-3-8(2)7-16-10-5-4-9(6-15)11(13)12(10)14/h4-5,8H,3,6-7,15H2,1-2H3. The molecule has 0 fully saturated rings. The van der Waals surface area contributed by atoms with Crippen LogP contribution in [-0.4, -0.2) is 5.75 Å². The molecule has 0 aliphatic carbocycles. The van der Waals surface area contributed by atoms with Crippen molar-refractivity contribution in [2.75, 3.05) is 5.75 Å². The van der Waals surface area contributed by atoms with Crippen LogP contribution in [0, 0.1) is 11.7 Å². The van der Waals surface area contributed by atoms with E-state index in [0.717, 1.165) is 17.7 Å². The van der Waals surface area contributed by atoms with Crippen LogP contribution in [0.15, 0.2) is 21.5 Å². The van der Waals surface area contributed by atoms with E-state index in [0.29, 0.717) is 21.8 Å². The minimum atomic E-state index is -0.184. The highest BCUT2D eigenvalue weighted by atomic mass is 79.9. The van der Waals surface area contributed by atoms with E-state index in [4.69, 9.17) is 5.73 Å². The van der Waals surface area contributed by atoms with Gasteiger partial charge in [0.25, 0.3) is 0 Å². The zero-order valence-electron chi connectivity index (χ0n) is 9.59. The largest absolute Gasteiger partial charge is 0.326 e. The van der Waals surface area contributed by atoms with E-state index < -0.39 is 0 Å². The molecule has 0 bridgehead atoms. The number of halogens is 2. The number of thioether (sulfide) groups is 1. The lowest BCUT2D eigenvalue weighted by Crippen LogP contribution is -2.01. The number of hydrogen-bond acceptors (Lipinski definition) is 2. The monoisotopic (exact) mass is 305 g/mol. The van der Waals surface area contributed by atoms with Gasteiger partial charge in [0.2, 0.25) is 0 Å². The molecule has 2 N–H and O–H groups in total. The number of rotatable bonds is 5. The van der Waals surface area contributed by atoms with E-state index in [1.54, 1.807) is 11.8 Å². The molecule has 1 atom stereocenters. The van der Waals surface area contributed by atoms with Gasteiger partial charge in [-0.1, -0.05) is 26.3 Å². The van der Waals surface area contributed by atoms with Crippen molar-refractivity contribution < 1.29 is 4.39 Å².